The first-order valence-electron chi connectivity index (χ1n) is 7.42. The Kier molecular flexibility index (Phi) is 5.19. The Morgan fingerprint density at radius 3 is 2.54 bits per heavy atom. The molecular formula is C15H16F2N6S. The SMILES string of the molecule is NC1=N[C@@H](c2ccc(F)cn2)CN(c2ncc(F)cn2)CCCS1. The molecule has 3 rings (SSSR count). The molecule has 24 heavy (non-hydrogen) atoms. The second-order valence-electron chi connectivity index (χ2n) is 5.23. The van der Waals surface area contributed by atoms with Crippen molar-refractivity contribution in [2.45, 2.75) is 12.5 Å². The predicted molar refractivity (Wildman–Crippen MR) is 89.8 cm³/mol. The van der Waals surface area contributed by atoms with Gasteiger partial charge in [0.1, 0.15) is 11.9 Å². The highest BCUT2D eigenvalue weighted by Crippen LogP contribution is 2.23. The Bertz CT molecular complexity index is 707. The first-order valence-corrected chi connectivity index (χ1v) is 8.40. The molecule has 0 bridgehead atoms. The van der Waals surface area contributed by atoms with Gasteiger partial charge in [-0.1, -0.05) is 11.8 Å². The molecule has 1 atom stereocenters. The van der Waals surface area contributed by atoms with Crippen LogP contribution in [0.15, 0.2) is 35.7 Å². The molecule has 0 radical (unpaired) electrons. The van der Waals surface area contributed by atoms with Crippen LogP contribution in [0, 0.1) is 11.6 Å². The summed E-state index contributed by atoms with van der Waals surface area (Å²) < 4.78 is 26.2. The topological polar surface area (TPSA) is 80.3 Å². The van der Waals surface area contributed by atoms with Gasteiger partial charge in [0.25, 0.3) is 0 Å². The van der Waals surface area contributed by atoms with Crippen LogP contribution in [0.25, 0.3) is 0 Å². The summed E-state index contributed by atoms with van der Waals surface area (Å²) in [5, 5.41) is 0.466. The lowest BCUT2D eigenvalue weighted by molar-refractivity contribution is 0.597. The second-order valence-corrected chi connectivity index (χ2v) is 6.35. The number of nitrogens with two attached hydrogens (primary N) is 1. The lowest BCUT2D eigenvalue weighted by atomic mass is 10.2. The predicted octanol–water partition coefficient (Wildman–Crippen LogP) is 2.15. The number of hydrogen-bond acceptors (Lipinski definition) is 7. The van der Waals surface area contributed by atoms with Crippen molar-refractivity contribution in [2.75, 3.05) is 23.7 Å². The van der Waals surface area contributed by atoms with E-state index < -0.39 is 11.6 Å². The third-order valence-corrected chi connectivity index (χ3v) is 4.37. The van der Waals surface area contributed by atoms with Gasteiger partial charge in [-0.15, -0.1) is 0 Å². The van der Waals surface area contributed by atoms with Crippen LogP contribution >= 0.6 is 11.8 Å². The molecule has 0 spiro atoms. The Morgan fingerprint density at radius 2 is 1.83 bits per heavy atom. The molecule has 0 unspecified atom stereocenters. The largest absolute Gasteiger partial charge is 0.379 e. The molecule has 0 amide bonds. The summed E-state index contributed by atoms with van der Waals surface area (Å²) in [6, 6.07) is 2.54. The van der Waals surface area contributed by atoms with Crippen LogP contribution in [-0.2, 0) is 0 Å². The summed E-state index contributed by atoms with van der Waals surface area (Å²) in [6.07, 6.45) is 4.27. The molecule has 1 aliphatic rings. The Morgan fingerprint density at radius 1 is 1.08 bits per heavy atom. The van der Waals surface area contributed by atoms with Gasteiger partial charge < -0.3 is 10.6 Å². The molecule has 126 valence electrons. The van der Waals surface area contributed by atoms with Crippen molar-refractivity contribution in [1.29, 1.82) is 0 Å². The molecule has 0 aliphatic carbocycles. The van der Waals surface area contributed by atoms with Gasteiger partial charge in [0.2, 0.25) is 5.95 Å². The summed E-state index contributed by atoms with van der Waals surface area (Å²) in [4.78, 5) is 18.6. The summed E-state index contributed by atoms with van der Waals surface area (Å²) in [7, 11) is 0. The number of aliphatic imine (C=N–C) groups is 1. The minimum atomic E-state index is -0.488. The van der Waals surface area contributed by atoms with Crippen molar-refractivity contribution in [2.24, 2.45) is 10.7 Å². The number of pyridine rings is 1. The highest BCUT2D eigenvalue weighted by Gasteiger charge is 2.21. The molecule has 2 aromatic rings. The van der Waals surface area contributed by atoms with Crippen molar-refractivity contribution in [1.82, 2.24) is 15.0 Å². The van der Waals surface area contributed by atoms with Gasteiger partial charge in [-0.05, 0) is 18.6 Å². The first kappa shape index (κ1) is 16.6. The molecule has 0 fully saturated rings. The minimum absolute atomic E-state index is 0.384. The number of hydrogen-bond donors (Lipinski definition) is 1. The average Bonchev–Trinajstić information content (AvgIpc) is 2.67. The summed E-state index contributed by atoms with van der Waals surface area (Å²) in [5.41, 5.74) is 6.55. The fraction of sp³-hybridized carbons (Fsp3) is 0.333. The zero-order valence-electron chi connectivity index (χ0n) is 12.8. The van der Waals surface area contributed by atoms with Gasteiger partial charge in [-0.2, -0.15) is 0 Å². The van der Waals surface area contributed by atoms with Crippen LogP contribution in [0.4, 0.5) is 14.7 Å². The van der Waals surface area contributed by atoms with E-state index in [0.717, 1.165) is 30.8 Å². The van der Waals surface area contributed by atoms with Crippen molar-refractivity contribution < 1.29 is 8.78 Å². The van der Waals surface area contributed by atoms with Crippen LogP contribution in [-0.4, -0.2) is 39.0 Å². The number of halogens is 2. The maximum absolute atomic E-state index is 13.1. The third kappa shape index (κ3) is 4.16. The van der Waals surface area contributed by atoms with E-state index >= 15 is 0 Å². The van der Waals surface area contributed by atoms with Crippen LogP contribution < -0.4 is 10.6 Å². The summed E-state index contributed by atoms with van der Waals surface area (Å²) in [6.45, 7) is 1.10. The van der Waals surface area contributed by atoms with E-state index in [1.807, 2.05) is 4.90 Å². The number of amidine groups is 1. The smallest absolute Gasteiger partial charge is 0.225 e. The maximum atomic E-state index is 13.1. The average molecular weight is 350 g/mol. The highest BCUT2D eigenvalue weighted by atomic mass is 32.2. The van der Waals surface area contributed by atoms with E-state index in [9.17, 15) is 8.78 Å². The van der Waals surface area contributed by atoms with E-state index in [4.69, 9.17) is 5.73 Å². The van der Waals surface area contributed by atoms with E-state index in [2.05, 4.69) is 19.9 Å². The lowest BCUT2D eigenvalue weighted by Gasteiger charge is -2.24. The van der Waals surface area contributed by atoms with Crippen LogP contribution in [0.2, 0.25) is 0 Å². The maximum Gasteiger partial charge on any atom is 0.225 e. The highest BCUT2D eigenvalue weighted by molar-refractivity contribution is 8.13. The van der Waals surface area contributed by atoms with Gasteiger partial charge >= 0.3 is 0 Å². The molecular weight excluding hydrogens is 334 g/mol. The lowest BCUT2D eigenvalue weighted by Crippen LogP contribution is -2.31. The van der Waals surface area contributed by atoms with Gasteiger partial charge in [0, 0.05) is 18.8 Å². The van der Waals surface area contributed by atoms with E-state index in [0.29, 0.717) is 29.9 Å². The van der Waals surface area contributed by atoms with Gasteiger partial charge in [-0.3, -0.25) is 9.98 Å². The van der Waals surface area contributed by atoms with Gasteiger partial charge in [0.05, 0.1) is 24.3 Å². The standard InChI is InChI=1S/C15H16F2N6S/c16-10-2-3-12(19-6-10)13-9-23(4-1-5-24-14(18)22-13)15-20-7-11(17)8-21-15/h2-3,6-8,13H,1,4-5,9H2,(H2,18,22)/t13-/m1/s1. The van der Waals surface area contributed by atoms with Gasteiger partial charge in [0.15, 0.2) is 11.0 Å². The van der Waals surface area contributed by atoms with E-state index in [1.54, 1.807) is 6.07 Å². The molecule has 9 heteroatoms. The van der Waals surface area contributed by atoms with Crippen molar-refractivity contribution >= 4 is 22.9 Å². The fourth-order valence-corrected chi connectivity index (χ4v) is 3.04. The van der Waals surface area contributed by atoms with Crippen molar-refractivity contribution in [3.8, 4) is 0 Å². The van der Waals surface area contributed by atoms with Gasteiger partial charge in [-0.25, -0.2) is 18.7 Å². The number of nitrogens with zero attached hydrogens (tertiary/aromatic N) is 5. The summed E-state index contributed by atoms with van der Waals surface area (Å²) in [5.74, 6) is 0.324. The molecule has 2 N–H and O–H groups in total. The molecule has 3 heterocycles. The molecule has 0 saturated heterocycles. The van der Waals surface area contributed by atoms with Crippen LogP contribution in [0.1, 0.15) is 18.2 Å². The molecule has 6 nitrogen and oxygen atoms in total. The van der Waals surface area contributed by atoms with E-state index in [1.165, 1.54) is 17.8 Å². The molecule has 1 aliphatic heterocycles. The van der Waals surface area contributed by atoms with Crippen LogP contribution in [0.3, 0.4) is 0 Å². The van der Waals surface area contributed by atoms with E-state index in [-0.39, 0.29) is 6.04 Å². The normalized spacial score (nSPS) is 19.2. The summed E-state index contributed by atoms with van der Waals surface area (Å²) >= 11 is 1.47. The minimum Gasteiger partial charge on any atom is -0.379 e. The quantitative estimate of drug-likeness (QED) is 0.894. The number of thioether (sulfide) groups is 1. The molecule has 0 saturated carbocycles. The zero-order valence-corrected chi connectivity index (χ0v) is 13.6. The molecule has 2 aromatic heterocycles. The fourth-order valence-electron chi connectivity index (χ4n) is 2.36. The number of rotatable bonds is 2. The van der Waals surface area contributed by atoms with Crippen molar-refractivity contribution in [3.63, 3.8) is 0 Å². The Balaban J connectivity index is 1.90. The van der Waals surface area contributed by atoms with Crippen molar-refractivity contribution in [3.05, 3.63) is 48.1 Å². The zero-order chi connectivity index (χ0) is 16.9. The van der Waals surface area contributed by atoms with Crippen LogP contribution in [0.5, 0.6) is 0 Å². The second kappa shape index (κ2) is 7.52. The third-order valence-electron chi connectivity index (χ3n) is 3.48. The first-order chi connectivity index (χ1) is 11.6. The number of anilines is 1. The Hall–Kier alpha value is -2.29. The monoisotopic (exact) mass is 350 g/mol. The number of aromatic nitrogens is 3. The Labute approximate surface area is 142 Å². The molecule has 0 aromatic carbocycles.